The highest BCUT2D eigenvalue weighted by Gasteiger charge is 2.26. The summed E-state index contributed by atoms with van der Waals surface area (Å²) in [4.78, 5) is 27.0. The van der Waals surface area contributed by atoms with Gasteiger partial charge in [0.05, 0.1) is 19.9 Å². The topological polar surface area (TPSA) is 73.5 Å². The maximum Gasteiger partial charge on any atom is 0.279 e. The lowest BCUT2D eigenvalue weighted by molar-refractivity contribution is -1.02. The predicted molar refractivity (Wildman–Crippen MR) is 119 cm³/mol. The van der Waals surface area contributed by atoms with Gasteiger partial charge in [0.25, 0.3) is 5.91 Å². The van der Waals surface area contributed by atoms with E-state index in [0.717, 1.165) is 44.2 Å². The van der Waals surface area contributed by atoms with E-state index in [1.807, 2.05) is 12.1 Å². The highest BCUT2D eigenvalue weighted by Crippen LogP contribution is 2.29. The number of carbonyl (C=O) groups excluding carboxylic acids is 2. The van der Waals surface area contributed by atoms with Crippen molar-refractivity contribution < 1.29 is 28.9 Å². The summed E-state index contributed by atoms with van der Waals surface area (Å²) in [7, 11) is 3.31. The van der Waals surface area contributed by atoms with E-state index >= 15 is 0 Å². The van der Waals surface area contributed by atoms with E-state index in [9.17, 15) is 9.59 Å². The summed E-state index contributed by atoms with van der Waals surface area (Å²) in [6.45, 7) is 8.82. The summed E-state index contributed by atoms with van der Waals surface area (Å²) in [5.74, 6) is 1.41. The van der Waals surface area contributed by atoms with E-state index in [-0.39, 0.29) is 11.7 Å². The summed E-state index contributed by atoms with van der Waals surface area (Å²) in [6, 6.07) is 11.2. The van der Waals surface area contributed by atoms with Crippen molar-refractivity contribution in [2.24, 2.45) is 0 Å². The molecule has 1 saturated heterocycles. The van der Waals surface area contributed by atoms with Crippen LogP contribution in [0.15, 0.2) is 36.4 Å². The van der Waals surface area contributed by atoms with Crippen molar-refractivity contribution in [1.82, 2.24) is 0 Å². The molecule has 7 heteroatoms. The molecule has 1 amide bonds. The van der Waals surface area contributed by atoms with E-state index in [1.165, 1.54) is 27.9 Å². The molecule has 0 unspecified atom stereocenters. The summed E-state index contributed by atoms with van der Waals surface area (Å²) in [6.07, 6.45) is 0. The lowest BCUT2D eigenvalue weighted by Gasteiger charge is -2.30. The Morgan fingerprint density at radius 1 is 0.968 bits per heavy atom. The third-order valence-corrected chi connectivity index (χ3v) is 5.94. The second kappa shape index (κ2) is 10.4. The number of Topliss-reactive ketones (excluding diaryl/α,β-unsaturated/α-hetero) is 1. The normalized spacial score (nSPS) is 18.3. The molecule has 0 radical (unpaired) electrons. The molecule has 0 aliphatic carbocycles. The molecular formula is C24H33N3O4+2. The Kier molecular flexibility index (Phi) is 7.65. The number of ketones is 1. The van der Waals surface area contributed by atoms with Gasteiger partial charge in [-0.25, -0.2) is 0 Å². The number of nitrogens with one attached hydrogen (secondary N) is 3. The Morgan fingerprint density at radius 3 is 2.23 bits per heavy atom. The van der Waals surface area contributed by atoms with Crippen LogP contribution in [-0.4, -0.2) is 58.6 Å². The first kappa shape index (κ1) is 22.8. The summed E-state index contributed by atoms with van der Waals surface area (Å²) >= 11 is 0. The fourth-order valence-corrected chi connectivity index (χ4v) is 4.11. The number of amides is 1. The number of hydrogen-bond donors (Lipinski definition) is 3. The number of rotatable bonds is 8. The zero-order chi connectivity index (χ0) is 22.4. The van der Waals surface area contributed by atoms with Gasteiger partial charge in [-0.05, 0) is 43.7 Å². The molecule has 31 heavy (non-hydrogen) atoms. The van der Waals surface area contributed by atoms with Crippen molar-refractivity contribution >= 4 is 17.4 Å². The van der Waals surface area contributed by atoms with Gasteiger partial charge in [0.1, 0.15) is 32.7 Å². The van der Waals surface area contributed by atoms with Gasteiger partial charge >= 0.3 is 0 Å². The number of methoxy groups -OCH3 is 2. The number of quaternary nitrogens is 2. The van der Waals surface area contributed by atoms with Gasteiger partial charge in [-0.15, -0.1) is 0 Å². The van der Waals surface area contributed by atoms with Crippen molar-refractivity contribution in [3.8, 4) is 11.5 Å². The van der Waals surface area contributed by atoms with Crippen LogP contribution in [0.2, 0.25) is 0 Å². The lowest BCUT2D eigenvalue weighted by Crippen LogP contribution is -3.28. The molecule has 1 heterocycles. The number of anilines is 1. The molecule has 0 spiro atoms. The summed E-state index contributed by atoms with van der Waals surface area (Å²) < 4.78 is 10.8. The monoisotopic (exact) mass is 427 g/mol. The Hall–Kier alpha value is -2.90. The molecule has 3 rings (SSSR count). The third kappa shape index (κ3) is 5.83. The Balaban J connectivity index is 1.52. The molecule has 0 atom stereocenters. The minimum absolute atomic E-state index is 0.0501. The van der Waals surface area contributed by atoms with Crippen LogP contribution in [0.4, 0.5) is 5.69 Å². The van der Waals surface area contributed by atoms with Crippen LogP contribution in [0.3, 0.4) is 0 Å². The molecule has 0 bridgehead atoms. The van der Waals surface area contributed by atoms with Crippen molar-refractivity contribution in [3.63, 3.8) is 0 Å². The first-order valence-corrected chi connectivity index (χ1v) is 10.7. The van der Waals surface area contributed by atoms with Gasteiger partial charge in [-0.2, -0.15) is 0 Å². The van der Waals surface area contributed by atoms with E-state index in [1.54, 1.807) is 32.4 Å². The van der Waals surface area contributed by atoms with Crippen LogP contribution in [0.5, 0.6) is 11.5 Å². The number of piperazine rings is 1. The number of carbonyl (C=O) groups is 2. The van der Waals surface area contributed by atoms with Gasteiger partial charge in [-0.1, -0.05) is 12.1 Å². The molecule has 1 aliphatic heterocycles. The fourth-order valence-electron chi connectivity index (χ4n) is 4.11. The first-order valence-electron chi connectivity index (χ1n) is 10.7. The minimum Gasteiger partial charge on any atom is -0.493 e. The average Bonchev–Trinajstić information content (AvgIpc) is 2.76. The summed E-state index contributed by atoms with van der Waals surface area (Å²) in [5.41, 5.74) is 3.59. The molecule has 0 saturated carbocycles. The quantitative estimate of drug-likeness (QED) is 0.524. The highest BCUT2D eigenvalue weighted by molar-refractivity contribution is 6.03. The molecule has 0 aromatic heterocycles. The fraction of sp³-hybridized carbons (Fsp3) is 0.417. The minimum atomic E-state index is -0.0529. The highest BCUT2D eigenvalue weighted by atomic mass is 16.5. The third-order valence-electron chi connectivity index (χ3n) is 5.94. The second-order valence-corrected chi connectivity index (χ2v) is 8.14. The van der Waals surface area contributed by atoms with Crippen molar-refractivity contribution in [2.75, 3.05) is 52.3 Å². The zero-order valence-electron chi connectivity index (χ0n) is 18.8. The average molecular weight is 428 g/mol. The molecule has 2 aromatic carbocycles. The molecular weight excluding hydrogens is 394 g/mol. The van der Waals surface area contributed by atoms with Gasteiger partial charge in [0.15, 0.2) is 23.8 Å². The molecule has 2 aromatic rings. The molecule has 166 valence electrons. The van der Waals surface area contributed by atoms with Gasteiger partial charge in [-0.3, -0.25) is 9.59 Å². The van der Waals surface area contributed by atoms with E-state index < -0.39 is 0 Å². The van der Waals surface area contributed by atoms with Gasteiger partial charge < -0.3 is 24.6 Å². The van der Waals surface area contributed by atoms with Crippen molar-refractivity contribution in [3.05, 3.63) is 53.1 Å². The van der Waals surface area contributed by atoms with Gasteiger partial charge in [0.2, 0.25) is 0 Å². The second-order valence-electron chi connectivity index (χ2n) is 8.14. The lowest BCUT2D eigenvalue weighted by atomic mass is 10.1. The first-order chi connectivity index (χ1) is 14.9. The van der Waals surface area contributed by atoms with Crippen LogP contribution < -0.4 is 24.6 Å². The largest absolute Gasteiger partial charge is 0.493 e. The van der Waals surface area contributed by atoms with Crippen molar-refractivity contribution in [2.45, 2.75) is 20.4 Å². The van der Waals surface area contributed by atoms with Gasteiger partial charge in [0, 0.05) is 11.1 Å². The molecule has 3 N–H and O–H groups in total. The maximum absolute atomic E-state index is 12.5. The molecule has 7 nitrogen and oxygen atoms in total. The molecule has 1 aliphatic rings. The predicted octanol–water partition coefficient (Wildman–Crippen LogP) is 0.137. The van der Waals surface area contributed by atoms with E-state index in [4.69, 9.17) is 9.47 Å². The zero-order valence-corrected chi connectivity index (χ0v) is 18.8. The Labute approximate surface area is 183 Å². The van der Waals surface area contributed by atoms with E-state index in [2.05, 4.69) is 18.3 Å². The van der Waals surface area contributed by atoms with Crippen molar-refractivity contribution in [1.29, 1.82) is 0 Å². The van der Waals surface area contributed by atoms with E-state index in [0.29, 0.717) is 17.8 Å². The smallest absolute Gasteiger partial charge is 0.279 e. The number of benzene rings is 2. The number of hydrogen-bond acceptors (Lipinski definition) is 4. The Bertz CT molecular complexity index is 936. The Morgan fingerprint density at radius 2 is 1.58 bits per heavy atom. The maximum atomic E-state index is 12.5. The standard InChI is InChI=1S/C24H31N3O4/c1-17-13-22(30-3)23(31-4)14-19(17)15-26-9-11-27(12-10-26)16-24(29)25-21-8-6-5-7-20(21)18(2)28/h5-8,13-14H,9-12,15-16H2,1-4H3,(H,25,29)/p+2. The van der Waals surface area contributed by atoms with Crippen LogP contribution in [-0.2, 0) is 11.3 Å². The van der Waals surface area contributed by atoms with Crippen LogP contribution in [0, 0.1) is 6.92 Å². The number of para-hydroxylation sites is 1. The van der Waals surface area contributed by atoms with Crippen LogP contribution >= 0.6 is 0 Å². The van der Waals surface area contributed by atoms with Crippen LogP contribution in [0.25, 0.3) is 0 Å². The number of ether oxygens (including phenoxy) is 2. The number of aryl methyl sites for hydroxylation is 1. The van der Waals surface area contributed by atoms with Crippen LogP contribution in [0.1, 0.15) is 28.4 Å². The summed E-state index contributed by atoms with van der Waals surface area (Å²) in [5, 5.41) is 2.91. The SMILES string of the molecule is COc1cc(C)c(C[NH+]2CC[NH+](CC(=O)Nc3ccccc3C(C)=O)CC2)cc1OC. The molecule has 1 fully saturated rings.